The first-order valence-electron chi connectivity index (χ1n) is 7.26. The van der Waals surface area contributed by atoms with Crippen LogP contribution in [-0.2, 0) is 4.79 Å². The molecular formula is C15H18ClN5O. The molecule has 6 nitrogen and oxygen atoms in total. The average molecular weight is 320 g/mol. The Hall–Kier alpha value is -1.92. The molecule has 1 aromatic heterocycles. The van der Waals surface area contributed by atoms with Gasteiger partial charge in [0.15, 0.2) is 0 Å². The number of hydrogen-bond donors (Lipinski definition) is 1. The quantitative estimate of drug-likeness (QED) is 0.937. The van der Waals surface area contributed by atoms with Gasteiger partial charge in [0, 0.05) is 19.3 Å². The minimum Gasteiger partial charge on any atom is -0.324 e. The molecule has 1 fully saturated rings. The summed E-state index contributed by atoms with van der Waals surface area (Å²) in [5, 5.41) is 11.3. The van der Waals surface area contributed by atoms with E-state index in [9.17, 15) is 4.79 Å². The number of aryl methyl sites for hydroxylation is 1. The summed E-state index contributed by atoms with van der Waals surface area (Å²) in [6, 6.07) is 5.89. The highest BCUT2D eigenvalue weighted by atomic mass is 35.5. The number of amides is 1. The Morgan fingerprint density at radius 3 is 3.09 bits per heavy atom. The third kappa shape index (κ3) is 3.45. The van der Waals surface area contributed by atoms with Gasteiger partial charge in [0.1, 0.15) is 0 Å². The van der Waals surface area contributed by atoms with Crippen molar-refractivity contribution in [2.75, 3.05) is 25.0 Å². The van der Waals surface area contributed by atoms with Crippen molar-refractivity contribution in [1.29, 1.82) is 0 Å². The predicted octanol–water partition coefficient (Wildman–Crippen LogP) is 2.13. The van der Waals surface area contributed by atoms with Crippen LogP contribution in [0.4, 0.5) is 5.69 Å². The van der Waals surface area contributed by atoms with Crippen molar-refractivity contribution in [3.8, 4) is 0 Å². The number of carbonyl (C=O) groups excluding carboxylic acids is 1. The highest BCUT2D eigenvalue weighted by molar-refractivity contribution is 6.33. The summed E-state index contributed by atoms with van der Waals surface area (Å²) in [5.41, 5.74) is 1.72. The van der Waals surface area contributed by atoms with Gasteiger partial charge in [0.25, 0.3) is 0 Å². The fraction of sp³-hybridized carbons (Fsp3) is 0.400. The molecule has 1 saturated heterocycles. The van der Waals surface area contributed by atoms with Gasteiger partial charge in [-0.2, -0.15) is 0 Å². The summed E-state index contributed by atoms with van der Waals surface area (Å²) in [4.78, 5) is 14.3. The van der Waals surface area contributed by atoms with Gasteiger partial charge in [-0.1, -0.05) is 22.9 Å². The first kappa shape index (κ1) is 15.0. The lowest BCUT2D eigenvalue weighted by Gasteiger charge is -2.16. The Kier molecular flexibility index (Phi) is 4.40. The van der Waals surface area contributed by atoms with Crippen LogP contribution in [0, 0.1) is 6.92 Å². The summed E-state index contributed by atoms with van der Waals surface area (Å²) in [5.74, 6) is -0.0509. The smallest absolute Gasteiger partial charge is 0.238 e. The normalized spacial score (nSPS) is 18.5. The largest absolute Gasteiger partial charge is 0.324 e. The molecule has 1 aromatic carbocycles. The van der Waals surface area contributed by atoms with Crippen LogP contribution in [0.15, 0.2) is 30.6 Å². The number of aromatic nitrogens is 3. The van der Waals surface area contributed by atoms with Crippen LogP contribution >= 0.6 is 11.6 Å². The SMILES string of the molecule is Cc1ccc(NC(=O)CN2CCC(n3ccnn3)C2)c(Cl)c1. The second-order valence-electron chi connectivity index (χ2n) is 5.59. The number of likely N-dealkylation sites (tertiary alicyclic amines) is 1. The van der Waals surface area contributed by atoms with Crippen molar-refractivity contribution in [2.45, 2.75) is 19.4 Å². The Labute approximate surface area is 134 Å². The molecule has 1 atom stereocenters. The fourth-order valence-electron chi connectivity index (χ4n) is 2.70. The molecule has 7 heteroatoms. The van der Waals surface area contributed by atoms with Crippen molar-refractivity contribution in [3.05, 3.63) is 41.2 Å². The zero-order chi connectivity index (χ0) is 15.5. The predicted molar refractivity (Wildman–Crippen MR) is 84.9 cm³/mol. The van der Waals surface area contributed by atoms with Gasteiger partial charge < -0.3 is 5.32 Å². The standard InChI is InChI=1S/C15H18ClN5O/c1-11-2-3-14(13(16)8-11)18-15(22)10-20-6-4-12(9-20)21-7-5-17-19-21/h2-3,5,7-8,12H,4,6,9-10H2,1H3,(H,18,22). The first-order valence-corrected chi connectivity index (χ1v) is 7.64. The molecule has 0 aliphatic carbocycles. The zero-order valence-corrected chi connectivity index (χ0v) is 13.1. The van der Waals surface area contributed by atoms with Crippen molar-refractivity contribution < 1.29 is 4.79 Å². The third-order valence-electron chi connectivity index (χ3n) is 3.83. The van der Waals surface area contributed by atoms with Gasteiger partial charge in [-0.05, 0) is 31.0 Å². The second-order valence-corrected chi connectivity index (χ2v) is 6.00. The van der Waals surface area contributed by atoms with E-state index in [2.05, 4.69) is 20.5 Å². The summed E-state index contributed by atoms with van der Waals surface area (Å²) in [6.07, 6.45) is 4.51. The van der Waals surface area contributed by atoms with Crippen molar-refractivity contribution in [3.63, 3.8) is 0 Å². The fourth-order valence-corrected chi connectivity index (χ4v) is 2.98. The van der Waals surface area contributed by atoms with Crippen LogP contribution in [0.25, 0.3) is 0 Å². The maximum absolute atomic E-state index is 12.2. The summed E-state index contributed by atoms with van der Waals surface area (Å²) >= 11 is 6.13. The Balaban J connectivity index is 1.54. The molecule has 1 aliphatic rings. The molecule has 0 radical (unpaired) electrons. The van der Waals surface area contributed by atoms with Crippen LogP contribution in [0.3, 0.4) is 0 Å². The van der Waals surface area contributed by atoms with Crippen molar-refractivity contribution in [1.82, 2.24) is 19.9 Å². The summed E-state index contributed by atoms with van der Waals surface area (Å²) < 4.78 is 1.86. The number of nitrogens with zero attached hydrogens (tertiary/aromatic N) is 4. The van der Waals surface area contributed by atoms with Crippen LogP contribution in [0.2, 0.25) is 5.02 Å². The van der Waals surface area contributed by atoms with Gasteiger partial charge in [0.2, 0.25) is 5.91 Å². The number of halogens is 1. The van der Waals surface area contributed by atoms with Crippen LogP contribution in [-0.4, -0.2) is 45.4 Å². The number of rotatable bonds is 4. The monoisotopic (exact) mass is 319 g/mol. The zero-order valence-electron chi connectivity index (χ0n) is 12.4. The molecule has 22 heavy (non-hydrogen) atoms. The Morgan fingerprint density at radius 1 is 1.50 bits per heavy atom. The lowest BCUT2D eigenvalue weighted by Crippen LogP contribution is -2.32. The maximum Gasteiger partial charge on any atom is 0.238 e. The number of hydrogen-bond acceptors (Lipinski definition) is 4. The molecule has 0 bridgehead atoms. The van der Waals surface area contributed by atoms with Gasteiger partial charge in [-0.25, -0.2) is 4.68 Å². The van der Waals surface area contributed by atoms with E-state index in [-0.39, 0.29) is 5.91 Å². The molecule has 2 aromatic rings. The van der Waals surface area contributed by atoms with Gasteiger partial charge in [-0.3, -0.25) is 9.69 Å². The highest BCUT2D eigenvalue weighted by Crippen LogP contribution is 2.23. The van der Waals surface area contributed by atoms with Crippen molar-refractivity contribution >= 4 is 23.2 Å². The number of benzene rings is 1. The van der Waals surface area contributed by atoms with Gasteiger partial charge in [0.05, 0.1) is 29.5 Å². The molecule has 0 spiro atoms. The lowest BCUT2D eigenvalue weighted by molar-refractivity contribution is -0.117. The second kappa shape index (κ2) is 6.46. The Morgan fingerprint density at radius 2 is 2.36 bits per heavy atom. The van der Waals surface area contributed by atoms with Crippen LogP contribution < -0.4 is 5.32 Å². The topological polar surface area (TPSA) is 63.1 Å². The van der Waals surface area contributed by atoms with E-state index >= 15 is 0 Å². The molecule has 0 saturated carbocycles. The van der Waals surface area contributed by atoms with Gasteiger partial charge in [-0.15, -0.1) is 5.10 Å². The van der Waals surface area contributed by atoms with E-state index in [1.165, 1.54) is 0 Å². The molecule has 3 rings (SSSR count). The molecule has 1 aliphatic heterocycles. The molecule has 2 heterocycles. The molecule has 1 N–H and O–H groups in total. The van der Waals surface area contributed by atoms with Gasteiger partial charge >= 0.3 is 0 Å². The van der Waals surface area contributed by atoms with Crippen molar-refractivity contribution in [2.24, 2.45) is 0 Å². The minimum atomic E-state index is -0.0509. The molecule has 116 valence electrons. The number of anilines is 1. The Bertz CT molecular complexity index is 658. The first-order chi connectivity index (χ1) is 10.6. The molecular weight excluding hydrogens is 302 g/mol. The molecule has 1 amide bonds. The van der Waals surface area contributed by atoms with E-state index < -0.39 is 0 Å². The highest BCUT2D eigenvalue weighted by Gasteiger charge is 2.25. The van der Waals surface area contributed by atoms with Crippen LogP contribution in [0.5, 0.6) is 0 Å². The number of carbonyl (C=O) groups is 1. The van der Waals surface area contributed by atoms with E-state index in [0.29, 0.717) is 23.3 Å². The van der Waals surface area contributed by atoms with E-state index in [0.717, 1.165) is 25.1 Å². The summed E-state index contributed by atoms with van der Waals surface area (Å²) in [7, 11) is 0. The average Bonchev–Trinajstić information content (AvgIpc) is 3.12. The summed E-state index contributed by atoms with van der Waals surface area (Å²) in [6.45, 7) is 4.00. The maximum atomic E-state index is 12.2. The van der Waals surface area contributed by atoms with Crippen LogP contribution in [0.1, 0.15) is 18.0 Å². The molecule has 1 unspecified atom stereocenters. The van der Waals surface area contributed by atoms with E-state index in [1.807, 2.05) is 36.0 Å². The van der Waals surface area contributed by atoms with E-state index in [1.54, 1.807) is 6.20 Å². The minimum absolute atomic E-state index is 0.0509. The third-order valence-corrected chi connectivity index (χ3v) is 4.14. The van der Waals surface area contributed by atoms with E-state index in [4.69, 9.17) is 11.6 Å². The lowest BCUT2D eigenvalue weighted by atomic mass is 10.2. The number of nitrogens with one attached hydrogen (secondary N) is 1.